The Morgan fingerprint density at radius 2 is 2.39 bits per heavy atom. The third-order valence-corrected chi connectivity index (χ3v) is 4.03. The van der Waals surface area contributed by atoms with Gasteiger partial charge in [0, 0.05) is 12.6 Å². The number of carbonyl (C=O) groups excluding carboxylic acids is 2. The second-order valence-corrected chi connectivity index (χ2v) is 5.46. The quantitative estimate of drug-likeness (QED) is 0.861. The Hall–Kier alpha value is -1.40. The van der Waals surface area contributed by atoms with E-state index in [1.807, 2.05) is 0 Å². The molecule has 3 amide bonds. The minimum atomic E-state index is -0.791. The Kier molecular flexibility index (Phi) is 3.98. The molecular weight excluding hydrogens is 250 g/mol. The first-order chi connectivity index (χ1) is 8.56. The second-order valence-electron chi connectivity index (χ2n) is 4.68. The summed E-state index contributed by atoms with van der Waals surface area (Å²) in [5, 5.41) is 6.33. The van der Waals surface area contributed by atoms with E-state index >= 15 is 0 Å². The zero-order valence-electron chi connectivity index (χ0n) is 10.3. The van der Waals surface area contributed by atoms with Crippen molar-refractivity contribution in [3.63, 3.8) is 0 Å². The molecule has 1 aromatic heterocycles. The lowest BCUT2D eigenvalue weighted by molar-refractivity contribution is -0.121. The average molecular weight is 267 g/mol. The lowest BCUT2D eigenvalue weighted by atomic mass is 10.00. The van der Waals surface area contributed by atoms with Gasteiger partial charge in [-0.1, -0.05) is 0 Å². The molecule has 5 nitrogen and oxygen atoms in total. The molecule has 3 N–H and O–H groups in total. The van der Waals surface area contributed by atoms with Crippen molar-refractivity contribution in [1.82, 2.24) is 10.2 Å². The van der Waals surface area contributed by atoms with Gasteiger partial charge in [-0.05, 0) is 41.7 Å². The van der Waals surface area contributed by atoms with Crippen LogP contribution in [0.2, 0.25) is 0 Å². The highest BCUT2D eigenvalue weighted by Gasteiger charge is 2.31. The van der Waals surface area contributed by atoms with Gasteiger partial charge in [-0.25, -0.2) is 4.79 Å². The van der Waals surface area contributed by atoms with Crippen LogP contribution in [0.3, 0.4) is 0 Å². The van der Waals surface area contributed by atoms with Crippen molar-refractivity contribution in [2.75, 3.05) is 13.1 Å². The highest BCUT2D eigenvalue weighted by molar-refractivity contribution is 7.07. The summed E-state index contributed by atoms with van der Waals surface area (Å²) >= 11 is 1.69. The Morgan fingerprint density at radius 1 is 1.61 bits per heavy atom. The van der Waals surface area contributed by atoms with Crippen LogP contribution in [0.1, 0.15) is 24.8 Å². The molecule has 2 heterocycles. The zero-order valence-corrected chi connectivity index (χ0v) is 11.1. The third-order valence-electron chi connectivity index (χ3n) is 3.33. The van der Waals surface area contributed by atoms with Crippen molar-refractivity contribution in [3.8, 4) is 0 Å². The molecule has 0 aromatic carbocycles. The van der Waals surface area contributed by atoms with Gasteiger partial charge in [-0.3, -0.25) is 15.0 Å². The number of thiophene rings is 1. The second kappa shape index (κ2) is 5.49. The molecule has 1 fully saturated rings. The molecule has 98 valence electrons. The van der Waals surface area contributed by atoms with Gasteiger partial charge in [0.15, 0.2) is 0 Å². The summed E-state index contributed by atoms with van der Waals surface area (Å²) in [5.41, 5.74) is 6.26. The van der Waals surface area contributed by atoms with Crippen molar-refractivity contribution in [2.45, 2.75) is 25.3 Å². The fourth-order valence-corrected chi connectivity index (χ4v) is 3.17. The van der Waals surface area contributed by atoms with E-state index in [9.17, 15) is 9.59 Å². The Bertz CT molecular complexity index is 433. The van der Waals surface area contributed by atoms with Crippen LogP contribution in [-0.2, 0) is 4.79 Å². The van der Waals surface area contributed by atoms with Crippen LogP contribution < -0.4 is 11.1 Å². The molecule has 0 aliphatic carbocycles. The number of carbonyl (C=O) groups is 2. The SMILES string of the molecule is C[C@H]1C[C@@H](c2ccsc2)CN1CC(=O)NC(N)=O. The normalized spacial score (nSPS) is 24.1. The number of hydrogen-bond donors (Lipinski definition) is 2. The smallest absolute Gasteiger partial charge is 0.318 e. The third kappa shape index (κ3) is 3.08. The summed E-state index contributed by atoms with van der Waals surface area (Å²) in [6, 6.07) is 1.68. The molecule has 0 saturated carbocycles. The highest BCUT2D eigenvalue weighted by atomic mass is 32.1. The molecule has 1 aliphatic heterocycles. The number of imide groups is 1. The van der Waals surface area contributed by atoms with Gasteiger partial charge in [0.25, 0.3) is 0 Å². The molecule has 1 aromatic rings. The van der Waals surface area contributed by atoms with E-state index in [1.54, 1.807) is 11.3 Å². The van der Waals surface area contributed by atoms with Crippen LogP contribution in [0.4, 0.5) is 4.79 Å². The fourth-order valence-electron chi connectivity index (χ4n) is 2.43. The number of likely N-dealkylation sites (tertiary alicyclic amines) is 1. The molecule has 0 unspecified atom stereocenters. The molecule has 1 aliphatic rings. The van der Waals surface area contributed by atoms with E-state index in [4.69, 9.17) is 5.73 Å². The fraction of sp³-hybridized carbons (Fsp3) is 0.500. The number of amides is 3. The molecule has 0 bridgehead atoms. The Balaban J connectivity index is 1.91. The molecule has 2 atom stereocenters. The minimum Gasteiger partial charge on any atom is -0.351 e. The maximum atomic E-state index is 11.5. The Labute approximate surface area is 110 Å². The summed E-state index contributed by atoms with van der Waals surface area (Å²) in [7, 11) is 0. The maximum Gasteiger partial charge on any atom is 0.318 e. The summed E-state index contributed by atoms with van der Waals surface area (Å²) in [6.07, 6.45) is 1.04. The van der Waals surface area contributed by atoms with Gasteiger partial charge in [-0.15, -0.1) is 0 Å². The number of nitrogens with two attached hydrogens (primary N) is 1. The molecular formula is C12H17N3O2S. The summed E-state index contributed by atoms with van der Waals surface area (Å²) in [5.74, 6) is 0.146. The summed E-state index contributed by atoms with van der Waals surface area (Å²) in [4.78, 5) is 24.2. The van der Waals surface area contributed by atoms with Crippen LogP contribution in [-0.4, -0.2) is 36.0 Å². The standard InChI is InChI=1S/C12H17N3O2S/c1-8-4-10(9-2-3-18-7-9)5-15(8)6-11(16)14-12(13)17/h2-3,7-8,10H,4-6H2,1H3,(H3,13,14,16,17)/t8-,10+/m0/s1. The maximum absolute atomic E-state index is 11.5. The van der Waals surface area contributed by atoms with Gasteiger partial charge in [0.1, 0.15) is 0 Å². The molecule has 0 radical (unpaired) electrons. The van der Waals surface area contributed by atoms with Crippen molar-refractivity contribution in [3.05, 3.63) is 22.4 Å². The van der Waals surface area contributed by atoms with E-state index in [0.717, 1.165) is 13.0 Å². The molecule has 1 saturated heterocycles. The topological polar surface area (TPSA) is 75.4 Å². The van der Waals surface area contributed by atoms with E-state index in [2.05, 4.69) is 34.0 Å². The monoisotopic (exact) mass is 267 g/mol. The van der Waals surface area contributed by atoms with Crippen molar-refractivity contribution < 1.29 is 9.59 Å². The van der Waals surface area contributed by atoms with Gasteiger partial charge in [0.05, 0.1) is 6.54 Å². The van der Waals surface area contributed by atoms with Crippen LogP contribution in [0.25, 0.3) is 0 Å². The summed E-state index contributed by atoms with van der Waals surface area (Å²) < 4.78 is 0. The van der Waals surface area contributed by atoms with Crippen LogP contribution in [0, 0.1) is 0 Å². The van der Waals surface area contributed by atoms with E-state index < -0.39 is 6.03 Å². The average Bonchev–Trinajstić information content (AvgIpc) is 2.87. The van der Waals surface area contributed by atoms with Crippen molar-refractivity contribution >= 4 is 23.3 Å². The van der Waals surface area contributed by atoms with Gasteiger partial charge in [-0.2, -0.15) is 11.3 Å². The number of urea groups is 1. The molecule has 6 heteroatoms. The van der Waals surface area contributed by atoms with Gasteiger partial charge >= 0.3 is 6.03 Å². The van der Waals surface area contributed by atoms with Crippen LogP contribution >= 0.6 is 11.3 Å². The molecule has 18 heavy (non-hydrogen) atoms. The molecule has 0 spiro atoms. The number of nitrogens with one attached hydrogen (secondary N) is 1. The van der Waals surface area contributed by atoms with Crippen molar-refractivity contribution in [2.24, 2.45) is 5.73 Å². The number of hydrogen-bond acceptors (Lipinski definition) is 4. The lowest BCUT2D eigenvalue weighted by Gasteiger charge is -2.19. The number of nitrogens with zero attached hydrogens (tertiary/aromatic N) is 1. The van der Waals surface area contributed by atoms with E-state index in [0.29, 0.717) is 12.0 Å². The zero-order chi connectivity index (χ0) is 13.1. The minimum absolute atomic E-state index is 0.227. The molecule has 2 rings (SSSR count). The first-order valence-corrected chi connectivity index (χ1v) is 6.86. The lowest BCUT2D eigenvalue weighted by Crippen LogP contribution is -2.43. The Morgan fingerprint density at radius 3 is 3.00 bits per heavy atom. The first kappa shape index (κ1) is 13.0. The predicted molar refractivity (Wildman–Crippen MR) is 70.4 cm³/mol. The summed E-state index contributed by atoms with van der Waals surface area (Å²) in [6.45, 7) is 3.18. The van der Waals surface area contributed by atoms with Crippen LogP contribution in [0.15, 0.2) is 16.8 Å². The highest BCUT2D eigenvalue weighted by Crippen LogP contribution is 2.32. The predicted octanol–water partition coefficient (Wildman–Crippen LogP) is 1.12. The van der Waals surface area contributed by atoms with Gasteiger partial charge < -0.3 is 5.73 Å². The first-order valence-electron chi connectivity index (χ1n) is 5.91. The van der Waals surface area contributed by atoms with E-state index in [1.165, 1.54) is 5.56 Å². The van der Waals surface area contributed by atoms with Crippen molar-refractivity contribution in [1.29, 1.82) is 0 Å². The van der Waals surface area contributed by atoms with Crippen LogP contribution in [0.5, 0.6) is 0 Å². The van der Waals surface area contributed by atoms with E-state index in [-0.39, 0.29) is 12.5 Å². The largest absolute Gasteiger partial charge is 0.351 e. The number of rotatable bonds is 3. The number of primary amides is 1. The van der Waals surface area contributed by atoms with Gasteiger partial charge in [0.2, 0.25) is 5.91 Å².